The lowest BCUT2D eigenvalue weighted by Gasteiger charge is -2.27. The van der Waals surface area contributed by atoms with Crippen LogP contribution in [-0.2, 0) is 0 Å². The normalized spacial score (nSPS) is 18.0. The molecule has 0 fully saturated rings. The fourth-order valence-corrected chi connectivity index (χ4v) is 2.97. The van der Waals surface area contributed by atoms with E-state index in [2.05, 4.69) is 66.9 Å². The average molecular weight is 278 g/mol. The van der Waals surface area contributed by atoms with Gasteiger partial charge in [-0.15, -0.1) is 0 Å². The fraction of sp³-hybridized carbons (Fsp3) is 0.263. The van der Waals surface area contributed by atoms with Gasteiger partial charge in [0.2, 0.25) is 0 Å². The Hall–Kier alpha value is -2.06. The highest BCUT2D eigenvalue weighted by molar-refractivity contribution is 5.79. The summed E-state index contributed by atoms with van der Waals surface area (Å²) in [5.74, 6) is 0. The van der Waals surface area contributed by atoms with Crippen LogP contribution in [0.1, 0.15) is 35.6 Å². The molecule has 21 heavy (non-hydrogen) atoms. The van der Waals surface area contributed by atoms with Gasteiger partial charge in [0.1, 0.15) is 0 Å². The standard InChI is InChI=1S/C19H22N2/c1-14-9-11-16(12-10-14)15(2)21-13-5-7-18(20)17-6-3-4-8-19(17)21/h3-4,6,8-12,18H,2,5,7,13,20H2,1H3. The van der Waals surface area contributed by atoms with Crippen molar-refractivity contribution in [3.05, 3.63) is 71.8 Å². The van der Waals surface area contributed by atoms with Crippen LogP contribution in [0, 0.1) is 6.92 Å². The molecule has 0 aromatic heterocycles. The van der Waals surface area contributed by atoms with Crippen LogP contribution < -0.4 is 10.6 Å². The molecule has 0 radical (unpaired) electrons. The van der Waals surface area contributed by atoms with Crippen molar-refractivity contribution in [2.45, 2.75) is 25.8 Å². The van der Waals surface area contributed by atoms with Crippen molar-refractivity contribution in [2.24, 2.45) is 5.73 Å². The average Bonchev–Trinajstić information content (AvgIpc) is 2.67. The smallest absolute Gasteiger partial charge is 0.0459 e. The van der Waals surface area contributed by atoms with Crippen molar-refractivity contribution in [3.8, 4) is 0 Å². The molecule has 2 aromatic rings. The van der Waals surface area contributed by atoms with E-state index >= 15 is 0 Å². The van der Waals surface area contributed by atoms with E-state index in [4.69, 9.17) is 5.73 Å². The lowest BCUT2D eigenvalue weighted by Crippen LogP contribution is -2.22. The largest absolute Gasteiger partial charge is 0.341 e. The van der Waals surface area contributed by atoms with Crippen LogP contribution in [0.25, 0.3) is 5.70 Å². The number of para-hydroxylation sites is 1. The first kappa shape index (κ1) is 13.9. The molecule has 0 spiro atoms. The highest BCUT2D eigenvalue weighted by Gasteiger charge is 2.22. The van der Waals surface area contributed by atoms with Crippen LogP contribution in [0.4, 0.5) is 5.69 Å². The van der Waals surface area contributed by atoms with Crippen LogP contribution in [0.3, 0.4) is 0 Å². The molecule has 1 aliphatic heterocycles. The first-order valence-electron chi connectivity index (χ1n) is 7.55. The molecule has 1 aliphatic rings. The van der Waals surface area contributed by atoms with E-state index in [0.717, 1.165) is 25.1 Å². The van der Waals surface area contributed by atoms with Gasteiger partial charge in [0.05, 0.1) is 0 Å². The Morgan fingerprint density at radius 3 is 2.62 bits per heavy atom. The van der Waals surface area contributed by atoms with E-state index < -0.39 is 0 Å². The Morgan fingerprint density at radius 1 is 1.14 bits per heavy atom. The Balaban J connectivity index is 1.99. The van der Waals surface area contributed by atoms with E-state index in [-0.39, 0.29) is 6.04 Å². The van der Waals surface area contributed by atoms with Crippen molar-refractivity contribution in [3.63, 3.8) is 0 Å². The first-order chi connectivity index (χ1) is 10.2. The first-order valence-corrected chi connectivity index (χ1v) is 7.55. The van der Waals surface area contributed by atoms with Crippen LogP contribution in [0.15, 0.2) is 55.1 Å². The number of hydrogen-bond donors (Lipinski definition) is 1. The van der Waals surface area contributed by atoms with Gasteiger partial charge in [0.15, 0.2) is 0 Å². The number of nitrogens with two attached hydrogens (primary N) is 1. The fourth-order valence-electron chi connectivity index (χ4n) is 2.97. The van der Waals surface area contributed by atoms with E-state index in [1.165, 1.54) is 22.4 Å². The molecule has 2 heteroatoms. The Labute approximate surface area is 126 Å². The van der Waals surface area contributed by atoms with Crippen LogP contribution in [0.5, 0.6) is 0 Å². The van der Waals surface area contributed by atoms with Gasteiger partial charge in [-0.25, -0.2) is 0 Å². The summed E-state index contributed by atoms with van der Waals surface area (Å²) < 4.78 is 0. The topological polar surface area (TPSA) is 29.3 Å². The van der Waals surface area contributed by atoms with Gasteiger partial charge in [-0.2, -0.15) is 0 Å². The second kappa shape index (κ2) is 5.74. The molecule has 3 rings (SSSR count). The third-order valence-corrected chi connectivity index (χ3v) is 4.23. The number of anilines is 1. The number of benzene rings is 2. The maximum Gasteiger partial charge on any atom is 0.0459 e. The molecule has 0 aliphatic carbocycles. The molecule has 1 atom stereocenters. The number of rotatable bonds is 2. The van der Waals surface area contributed by atoms with Gasteiger partial charge < -0.3 is 10.6 Å². The summed E-state index contributed by atoms with van der Waals surface area (Å²) in [6.07, 6.45) is 2.11. The molecule has 2 aromatic carbocycles. The molecule has 0 saturated heterocycles. The Kier molecular flexibility index (Phi) is 3.80. The van der Waals surface area contributed by atoms with Crippen LogP contribution in [0.2, 0.25) is 0 Å². The summed E-state index contributed by atoms with van der Waals surface area (Å²) in [5, 5.41) is 0. The van der Waals surface area contributed by atoms with Gasteiger partial charge >= 0.3 is 0 Å². The van der Waals surface area contributed by atoms with Gasteiger partial charge in [-0.05, 0) is 37.0 Å². The van der Waals surface area contributed by atoms with Gasteiger partial charge in [-0.3, -0.25) is 0 Å². The number of aryl methyl sites for hydroxylation is 1. The van der Waals surface area contributed by atoms with Gasteiger partial charge in [0, 0.05) is 24.0 Å². The number of fused-ring (bicyclic) bond motifs is 1. The third kappa shape index (κ3) is 2.72. The summed E-state index contributed by atoms with van der Waals surface area (Å²) in [4.78, 5) is 2.31. The molecule has 2 nitrogen and oxygen atoms in total. The van der Waals surface area contributed by atoms with Crippen molar-refractivity contribution < 1.29 is 0 Å². The molecule has 1 unspecified atom stereocenters. The second-order valence-electron chi connectivity index (χ2n) is 5.77. The predicted octanol–water partition coefficient (Wildman–Crippen LogP) is 4.27. The van der Waals surface area contributed by atoms with Crippen LogP contribution in [-0.4, -0.2) is 6.54 Å². The number of nitrogens with zero attached hydrogens (tertiary/aromatic N) is 1. The molecule has 0 bridgehead atoms. The maximum absolute atomic E-state index is 6.31. The Bertz CT molecular complexity index is 643. The molecule has 108 valence electrons. The van der Waals surface area contributed by atoms with Crippen LogP contribution >= 0.6 is 0 Å². The second-order valence-corrected chi connectivity index (χ2v) is 5.77. The van der Waals surface area contributed by atoms with E-state index in [9.17, 15) is 0 Å². The number of hydrogen-bond acceptors (Lipinski definition) is 2. The van der Waals surface area contributed by atoms with Gasteiger partial charge in [-0.1, -0.05) is 54.6 Å². The minimum Gasteiger partial charge on any atom is -0.341 e. The van der Waals surface area contributed by atoms with E-state index in [1.807, 2.05) is 0 Å². The molecular weight excluding hydrogens is 256 g/mol. The summed E-state index contributed by atoms with van der Waals surface area (Å²) >= 11 is 0. The third-order valence-electron chi connectivity index (χ3n) is 4.23. The predicted molar refractivity (Wildman–Crippen MR) is 90.2 cm³/mol. The monoisotopic (exact) mass is 278 g/mol. The molecule has 0 saturated carbocycles. The van der Waals surface area contributed by atoms with Crippen molar-refractivity contribution >= 4 is 11.4 Å². The van der Waals surface area contributed by atoms with Crippen molar-refractivity contribution in [2.75, 3.05) is 11.4 Å². The van der Waals surface area contributed by atoms with Crippen molar-refractivity contribution in [1.82, 2.24) is 0 Å². The molecule has 0 amide bonds. The zero-order chi connectivity index (χ0) is 14.8. The van der Waals surface area contributed by atoms with E-state index in [0.29, 0.717) is 0 Å². The highest BCUT2D eigenvalue weighted by atomic mass is 15.1. The summed E-state index contributed by atoms with van der Waals surface area (Å²) in [6.45, 7) is 7.40. The summed E-state index contributed by atoms with van der Waals surface area (Å²) in [5.41, 5.74) is 12.2. The minimum absolute atomic E-state index is 0.122. The summed E-state index contributed by atoms with van der Waals surface area (Å²) in [6, 6.07) is 17.1. The molecular formula is C19H22N2. The van der Waals surface area contributed by atoms with E-state index in [1.54, 1.807) is 0 Å². The minimum atomic E-state index is 0.122. The highest BCUT2D eigenvalue weighted by Crippen LogP contribution is 2.35. The zero-order valence-corrected chi connectivity index (χ0v) is 12.5. The zero-order valence-electron chi connectivity index (χ0n) is 12.5. The van der Waals surface area contributed by atoms with Crippen molar-refractivity contribution in [1.29, 1.82) is 0 Å². The molecule has 1 heterocycles. The Morgan fingerprint density at radius 2 is 1.86 bits per heavy atom. The molecule has 2 N–H and O–H groups in total. The lowest BCUT2D eigenvalue weighted by atomic mass is 10.0. The lowest BCUT2D eigenvalue weighted by molar-refractivity contribution is 0.636. The quantitative estimate of drug-likeness (QED) is 0.889. The van der Waals surface area contributed by atoms with Gasteiger partial charge in [0.25, 0.3) is 0 Å². The maximum atomic E-state index is 6.31. The summed E-state index contributed by atoms with van der Waals surface area (Å²) in [7, 11) is 0. The SMILES string of the molecule is C=C(c1ccc(C)cc1)N1CCCC(N)c2ccccc21.